The van der Waals surface area contributed by atoms with Gasteiger partial charge in [-0.25, -0.2) is 9.97 Å². The summed E-state index contributed by atoms with van der Waals surface area (Å²) < 4.78 is 0. The van der Waals surface area contributed by atoms with Gasteiger partial charge in [0.15, 0.2) is 0 Å². The van der Waals surface area contributed by atoms with Crippen LogP contribution >= 0.6 is 0 Å². The van der Waals surface area contributed by atoms with Crippen LogP contribution in [-0.4, -0.2) is 48.1 Å². The highest BCUT2D eigenvalue weighted by Crippen LogP contribution is 2.28. The number of nitrogens with zero attached hydrogens (tertiary/aromatic N) is 3. The van der Waals surface area contributed by atoms with Crippen LogP contribution in [0.5, 0.6) is 0 Å². The number of aromatic nitrogens is 2. The van der Waals surface area contributed by atoms with E-state index in [9.17, 15) is 0 Å². The lowest BCUT2D eigenvalue weighted by Crippen LogP contribution is -2.35. The predicted octanol–water partition coefficient (Wildman–Crippen LogP) is 2.59. The summed E-state index contributed by atoms with van der Waals surface area (Å²) in [5, 5.41) is 6.80. The third kappa shape index (κ3) is 3.89. The molecule has 138 valence electrons. The van der Waals surface area contributed by atoms with E-state index in [1.54, 1.807) is 0 Å². The summed E-state index contributed by atoms with van der Waals surface area (Å²) in [6.07, 6.45) is 4.53. The van der Waals surface area contributed by atoms with Crippen molar-refractivity contribution in [2.45, 2.75) is 38.1 Å². The molecule has 26 heavy (non-hydrogen) atoms. The molecule has 1 atom stereocenters. The van der Waals surface area contributed by atoms with Crippen molar-refractivity contribution in [3.63, 3.8) is 0 Å². The third-order valence-corrected chi connectivity index (χ3v) is 5.62. The molecule has 0 amide bonds. The SMILES string of the molecule is CNc1nc(C2CCCNC2)nc2c1CCN(CCc1ccccc1)C2. The number of hydrogen-bond donors (Lipinski definition) is 2. The number of piperidine rings is 1. The van der Waals surface area contributed by atoms with Gasteiger partial charge in [0.05, 0.1) is 5.69 Å². The molecule has 1 saturated heterocycles. The Kier molecular flexibility index (Phi) is 5.46. The lowest BCUT2D eigenvalue weighted by Gasteiger charge is -2.30. The predicted molar refractivity (Wildman–Crippen MR) is 106 cm³/mol. The minimum absolute atomic E-state index is 0.445. The zero-order valence-corrected chi connectivity index (χ0v) is 15.7. The van der Waals surface area contributed by atoms with Gasteiger partial charge in [0, 0.05) is 44.7 Å². The Morgan fingerprint density at radius 2 is 2.12 bits per heavy atom. The Labute approximate surface area is 156 Å². The summed E-state index contributed by atoms with van der Waals surface area (Å²) in [5.74, 6) is 2.50. The molecule has 2 N–H and O–H groups in total. The Hall–Kier alpha value is -1.98. The summed E-state index contributed by atoms with van der Waals surface area (Å²) >= 11 is 0. The van der Waals surface area contributed by atoms with Gasteiger partial charge in [0.1, 0.15) is 11.6 Å². The van der Waals surface area contributed by atoms with Crippen molar-refractivity contribution in [1.82, 2.24) is 20.2 Å². The Morgan fingerprint density at radius 1 is 1.23 bits per heavy atom. The molecule has 0 bridgehead atoms. The highest BCUT2D eigenvalue weighted by Gasteiger charge is 2.25. The van der Waals surface area contributed by atoms with E-state index in [1.165, 1.54) is 29.7 Å². The molecule has 2 aliphatic heterocycles. The molecular formula is C21H29N5. The maximum absolute atomic E-state index is 5.02. The number of benzene rings is 1. The standard InChI is InChI=1S/C21H29N5/c1-22-21-18-10-13-26(12-9-16-6-3-2-4-7-16)15-19(18)24-20(25-21)17-8-5-11-23-14-17/h2-4,6-7,17,23H,5,8-15H2,1H3,(H,22,24,25). The van der Waals surface area contributed by atoms with Crippen molar-refractivity contribution in [3.8, 4) is 0 Å². The van der Waals surface area contributed by atoms with Gasteiger partial charge in [-0.05, 0) is 37.8 Å². The zero-order valence-electron chi connectivity index (χ0n) is 15.7. The van der Waals surface area contributed by atoms with Crippen molar-refractivity contribution in [1.29, 1.82) is 0 Å². The monoisotopic (exact) mass is 351 g/mol. The third-order valence-electron chi connectivity index (χ3n) is 5.62. The second-order valence-corrected chi connectivity index (χ2v) is 7.41. The van der Waals surface area contributed by atoms with Gasteiger partial charge in [0.25, 0.3) is 0 Å². The van der Waals surface area contributed by atoms with E-state index in [4.69, 9.17) is 9.97 Å². The molecular weight excluding hydrogens is 322 g/mol. The first kappa shape index (κ1) is 17.4. The topological polar surface area (TPSA) is 53.1 Å². The Morgan fingerprint density at radius 3 is 2.88 bits per heavy atom. The van der Waals surface area contributed by atoms with Crippen LogP contribution in [0.25, 0.3) is 0 Å². The average Bonchev–Trinajstić information content (AvgIpc) is 2.72. The quantitative estimate of drug-likeness (QED) is 0.867. The molecule has 1 fully saturated rings. The van der Waals surface area contributed by atoms with Crippen LogP contribution in [0, 0.1) is 0 Å². The first-order chi connectivity index (χ1) is 12.8. The Bertz CT molecular complexity index is 725. The van der Waals surface area contributed by atoms with Crippen LogP contribution in [0.2, 0.25) is 0 Å². The molecule has 0 radical (unpaired) electrons. The van der Waals surface area contributed by atoms with Crippen molar-refractivity contribution >= 4 is 5.82 Å². The van der Waals surface area contributed by atoms with Gasteiger partial charge in [0.2, 0.25) is 0 Å². The molecule has 1 aromatic heterocycles. The van der Waals surface area contributed by atoms with Crippen LogP contribution < -0.4 is 10.6 Å². The average molecular weight is 351 g/mol. The summed E-state index contributed by atoms with van der Waals surface area (Å²) in [4.78, 5) is 12.4. The van der Waals surface area contributed by atoms with Gasteiger partial charge in [-0.1, -0.05) is 30.3 Å². The van der Waals surface area contributed by atoms with Gasteiger partial charge in [-0.2, -0.15) is 0 Å². The Balaban J connectivity index is 1.49. The second kappa shape index (κ2) is 8.14. The largest absolute Gasteiger partial charge is 0.373 e. The van der Waals surface area contributed by atoms with Crippen molar-refractivity contribution in [3.05, 3.63) is 53.0 Å². The van der Waals surface area contributed by atoms with E-state index in [-0.39, 0.29) is 0 Å². The molecule has 4 rings (SSSR count). The lowest BCUT2D eigenvalue weighted by molar-refractivity contribution is 0.252. The summed E-state index contributed by atoms with van der Waals surface area (Å²) in [7, 11) is 1.98. The van der Waals surface area contributed by atoms with Gasteiger partial charge >= 0.3 is 0 Å². The van der Waals surface area contributed by atoms with Gasteiger partial charge in [-0.15, -0.1) is 0 Å². The maximum Gasteiger partial charge on any atom is 0.135 e. The van der Waals surface area contributed by atoms with Crippen molar-refractivity contribution < 1.29 is 0 Å². The molecule has 5 nitrogen and oxygen atoms in total. The highest BCUT2D eigenvalue weighted by atomic mass is 15.1. The number of hydrogen-bond acceptors (Lipinski definition) is 5. The fraction of sp³-hybridized carbons (Fsp3) is 0.524. The van der Waals surface area contributed by atoms with Crippen LogP contribution in [0.3, 0.4) is 0 Å². The van der Waals surface area contributed by atoms with Crippen LogP contribution in [0.15, 0.2) is 30.3 Å². The van der Waals surface area contributed by atoms with E-state index >= 15 is 0 Å². The van der Waals surface area contributed by atoms with Crippen LogP contribution in [-0.2, 0) is 19.4 Å². The molecule has 2 aliphatic rings. The molecule has 0 aliphatic carbocycles. The smallest absolute Gasteiger partial charge is 0.135 e. The fourth-order valence-corrected chi connectivity index (χ4v) is 4.09. The minimum Gasteiger partial charge on any atom is -0.373 e. The maximum atomic E-state index is 5.02. The van der Waals surface area contributed by atoms with E-state index in [2.05, 4.69) is 45.9 Å². The molecule has 0 saturated carbocycles. The minimum atomic E-state index is 0.445. The van der Waals surface area contributed by atoms with E-state index in [1.807, 2.05) is 7.05 Å². The van der Waals surface area contributed by atoms with Gasteiger partial charge < -0.3 is 10.6 Å². The molecule has 5 heteroatoms. The van der Waals surface area contributed by atoms with E-state index in [0.29, 0.717) is 5.92 Å². The van der Waals surface area contributed by atoms with Crippen molar-refractivity contribution in [2.24, 2.45) is 0 Å². The fourth-order valence-electron chi connectivity index (χ4n) is 4.09. The van der Waals surface area contributed by atoms with Crippen LogP contribution in [0.4, 0.5) is 5.82 Å². The second-order valence-electron chi connectivity index (χ2n) is 7.41. The molecule has 1 unspecified atom stereocenters. The van der Waals surface area contributed by atoms with E-state index < -0.39 is 0 Å². The first-order valence-electron chi connectivity index (χ1n) is 9.88. The summed E-state index contributed by atoms with van der Waals surface area (Å²) in [6, 6.07) is 10.8. The van der Waals surface area contributed by atoms with E-state index in [0.717, 1.165) is 57.2 Å². The number of fused-ring (bicyclic) bond motifs is 1. The normalized spacial score (nSPS) is 20.6. The zero-order chi connectivity index (χ0) is 17.8. The lowest BCUT2D eigenvalue weighted by atomic mass is 9.97. The highest BCUT2D eigenvalue weighted by molar-refractivity contribution is 5.47. The molecule has 1 aromatic carbocycles. The molecule has 2 aromatic rings. The van der Waals surface area contributed by atoms with Crippen LogP contribution in [0.1, 0.15) is 41.4 Å². The molecule has 0 spiro atoms. The first-order valence-corrected chi connectivity index (χ1v) is 9.88. The van der Waals surface area contributed by atoms with Gasteiger partial charge in [-0.3, -0.25) is 4.90 Å². The number of rotatable bonds is 5. The number of nitrogens with one attached hydrogen (secondary N) is 2. The molecule has 3 heterocycles. The summed E-state index contributed by atoms with van der Waals surface area (Å²) in [6.45, 7) is 5.23. The number of anilines is 1. The van der Waals surface area contributed by atoms with Crippen molar-refractivity contribution in [2.75, 3.05) is 38.5 Å². The summed E-state index contributed by atoms with van der Waals surface area (Å²) in [5.41, 5.74) is 3.95.